The van der Waals surface area contributed by atoms with Crippen LogP contribution in [0.4, 0.5) is 0 Å². The Balaban J connectivity index is 2.92. The van der Waals surface area contributed by atoms with E-state index in [2.05, 4.69) is 13.1 Å². The third kappa shape index (κ3) is 18.0. The SMILES string of the molecule is COCCOCCOCCOCCOCCC[SiH](C)C. The lowest BCUT2D eigenvalue weighted by Crippen LogP contribution is -2.13. The predicted molar refractivity (Wildman–Crippen MR) is 83.5 cm³/mol. The second kappa shape index (κ2) is 17.1. The molecule has 20 heavy (non-hydrogen) atoms. The highest BCUT2D eigenvalue weighted by atomic mass is 28.3. The zero-order chi connectivity index (χ0) is 14.9. The molecule has 0 atom stereocenters. The van der Waals surface area contributed by atoms with E-state index >= 15 is 0 Å². The van der Waals surface area contributed by atoms with Gasteiger partial charge in [-0.1, -0.05) is 19.1 Å². The number of rotatable bonds is 16. The van der Waals surface area contributed by atoms with Crippen LogP contribution in [0, 0.1) is 0 Å². The average molecular weight is 308 g/mol. The molecule has 0 saturated carbocycles. The molecule has 0 saturated heterocycles. The summed E-state index contributed by atoms with van der Waals surface area (Å²) >= 11 is 0. The fourth-order valence-corrected chi connectivity index (χ4v) is 2.48. The van der Waals surface area contributed by atoms with Gasteiger partial charge in [-0.15, -0.1) is 0 Å². The summed E-state index contributed by atoms with van der Waals surface area (Å²) in [6.45, 7) is 10.6. The summed E-state index contributed by atoms with van der Waals surface area (Å²) in [4.78, 5) is 0. The van der Waals surface area contributed by atoms with Crippen LogP contribution in [0.5, 0.6) is 0 Å². The molecular formula is C14H32O5Si. The van der Waals surface area contributed by atoms with Crippen molar-refractivity contribution in [2.75, 3.05) is 66.6 Å². The summed E-state index contributed by atoms with van der Waals surface area (Å²) in [7, 11) is 1.25. The lowest BCUT2D eigenvalue weighted by atomic mass is 10.5. The summed E-state index contributed by atoms with van der Waals surface area (Å²) in [5.74, 6) is 0. The molecule has 0 N–H and O–H groups in total. The Kier molecular flexibility index (Phi) is 17.1. The molecule has 0 radical (unpaired) electrons. The first-order valence-corrected chi connectivity index (χ1v) is 10.7. The van der Waals surface area contributed by atoms with Gasteiger partial charge in [-0.3, -0.25) is 0 Å². The van der Waals surface area contributed by atoms with Crippen molar-refractivity contribution in [3.63, 3.8) is 0 Å². The normalized spacial score (nSPS) is 11.4. The van der Waals surface area contributed by atoms with Crippen LogP contribution in [0.3, 0.4) is 0 Å². The molecule has 0 aliphatic heterocycles. The molecule has 0 rings (SSSR count). The van der Waals surface area contributed by atoms with Crippen LogP contribution in [0.15, 0.2) is 0 Å². The molecule has 0 aromatic heterocycles. The average Bonchev–Trinajstić information content (AvgIpc) is 2.43. The quantitative estimate of drug-likeness (QED) is 0.320. The van der Waals surface area contributed by atoms with Crippen LogP contribution >= 0.6 is 0 Å². The van der Waals surface area contributed by atoms with Crippen LogP contribution in [-0.4, -0.2) is 75.4 Å². The molecule has 6 heteroatoms. The first-order chi connectivity index (χ1) is 9.77. The lowest BCUT2D eigenvalue weighted by Gasteiger charge is -2.07. The van der Waals surface area contributed by atoms with E-state index in [0.717, 1.165) is 6.61 Å². The molecule has 0 aliphatic rings. The number of methoxy groups -OCH3 is 1. The maximum atomic E-state index is 5.49. The van der Waals surface area contributed by atoms with Crippen LogP contribution in [0.2, 0.25) is 19.1 Å². The fraction of sp³-hybridized carbons (Fsp3) is 1.00. The van der Waals surface area contributed by atoms with Crippen molar-refractivity contribution in [2.24, 2.45) is 0 Å². The van der Waals surface area contributed by atoms with Crippen LogP contribution in [0.25, 0.3) is 0 Å². The van der Waals surface area contributed by atoms with Gasteiger partial charge in [0, 0.05) is 22.5 Å². The van der Waals surface area contributed by atoms with Gasteiger partial charge in [-0.2, -0.15) is 0 Å². The minimum absolute atomic E-state index is 0.407. The Bertz CT molecular complexity index is 181. The second-order valence-corrected chi connectivity index (χ2v) is 8.34. The van der Waals surface area contributed by atoms with Gasteiger partial charge in [0.15, 0.2) is 0 Å². The van der Waals surface area contributed by atoms with E-state index in [0.29, 0.717) is 52.9 Å². The predicted octanol–water partition coefficient (Wildman–Crippen LogP) is 1.58. The van der Waals surface area contributed by atoms with Crippen LogP contribution in [-0.2, 0) is 23.7 Å². The maximum absolute atomic E-state index is 5.49. The zero-order valence-electron chi connectivity index (χ0n) is 13.4. The standard InChI is InChI=1S/C14H32O5Si/c1-15-6-7-17-10-11-19-13-12-18-9-8-16-5-4-14-20(2)3/h20H,4-14H2,1-3H3. The first-order valence-electron chi connectivity index (χ1n) is 7.57. The van der Waals surface area contributed by atoms with Gasteiger partial charge >= 0.3 is 0 Å². The largest absolute Gasteiger partial charge is 0.382 e. The van der Waals surface area contributed by atoms with Gasteiger partial charge in [0.1, 0.15) is 0 Å². The van der Waals surface area contributed by atoms with E-state index < -0.39 is 8.80 Å². The van der Waals surface area contributed by atoms with Crippen molar-refractivity contribution >= 4 is 8.80 Å². The smallest absolute Gasteiger partial charge is 0.0701 e. The molecule has 0 aromatic carbocycles. The molecular weight excluding hydrogens is 276 g/mol. The molecule has 0 fully saturated rings. The topological polar surface area (TPSA) is 46.2 Å². The van der Waals surface area contributed by atoms with Gasteiger partial charge in [0.05, 0.1) is 52.9 Å². The Morgan fingerprint density at radius 3 is 1.40 bits per heavy atom. The highest BCUT2D eigenvalue weighted by molar-refractivity contribution is 6.55. The zero-order valence-corrected chi connectivity index (χ0v) is 14.6. The third-order valence-electron chi connectivity index (χ3n) is 2.62. The fourth-order valence-electron chi connectivity index (χ4n) is 1.50. The van der Waals surface area contributed by atoms with Crippen molar-refractivity contribution in [1.29, 1.82) is 0 Å². The molecule has 0 amide bonds. The monoisotopic (exact) mass is 308 g/mol. The minimum atomic E-state index is -0.407. The molecule has 0 aliphatic carbocycles. The molecule has 0 bridgehead atoms. The number of ether oxygens (including phenoxy) is 5. The summed E-state index contributed by atoms with van der Waals surface area (Å²) < 4.78 is 26.4. The van der Waals surface area contributed by atoms with Crippen molar-refractivity contribution < 1.29 is 23.7 Å². The van der Waals surface area contributed by atoms with Crippen molar-refractivity contribution in [1.82, 2.24) is 0 Å². The Morgan fingerprint density at radius 1 is 0.600 bits per heavy atom. The first kappa shape index (κ1) is 20.0. The number of hydrogen-bond acceptors (Lipinski definition) is 5. The molecule has 122 valence electrons. The van der Waals surface area contributed by atoms with Gasteiger partial charge in [0.25, 0.3) is 0 Å². The highest BCUT2D eigenvalue weighted by Crippen LogP contribution is 1.96. The Labute approximate surface area is 125 Å². The summed E-state index contributed by atoms with van der Waals surface area (Å²) in [5, 5.41) is 0. The Hall–Kier alpha value is 0.0169. The molecule has 0 heterocycles. The van der Waals surface area contributed by atoms with Crippen molar-refractivity contribution in [2.45, 2.75) is 25.6 Å². The molecule has 0 aromatic rings. The van der Waals surface area contributed by atoms with Gasteiger partial charge in [-0.05, 0) is 6.42 Å². The van der Waals surface area contributed by atoms with Gasteiger partial charge in [-0.25, -0.2) is 0 Å². The minimum Gasteiger partial charge on any atom is -0.382 e. The van der Waals surface area contributed by atoms with E-state index in [1.54, 1.807) is 7.11 Å². The molecule has 0 unspecified atom stereocenters. The van der Waals surface area contributed by atoms with E-state index in [1.165, 1.54) is 12.5 Å². The second-order valence-electron chi connectivity index (χ2n) is 4.98. The summed E-state index contributed by atoms with van der Waals surface area (Å²) in [6, 6.07) is 1.36. The van der Waals surface area contributed by atoms with E-state index in [4.69, 9.17) is 23.7 Å². The van der Waals surface area contributed by atoms with E-state index in [9.17, 15) is 0 Å². The van der Waals surface area contributed by atoms with Crippen LogP contribution in [0.1, 0.15) is 6.42 Å². The highest BCUT2D eigenvalue weighted by Gasteiger charge is 1.96. The van der Waals surface area contributed by atoms with Crippen LogP contribution < -0.4 is 0 Å². The lowest BCUT2D eigenvalue weighted by molar-refractivity contribution is -0.00770. The summed E-state index contributed by atoms with van der Waals surface area (Å²) in [6.07, 6.45) is 1.19. The number of hydrogen-bond donors (Lipinski definition) is 0. The van der Waals surface area contributed by atoms with Crippen molar-refractivity contribution in [3.8, 4) is 0 Å². The van der Waals surface area contributed by atoms with E-state index in [1.807, 2.05) is 0 Å². The molecule has 5 nitrogen and oxygen atoms in total. The molecule has 0 spiro atoms. The van der Waals surface area contributed by atoms with Crippen molar-refractivity contribution in [3.05, 3.63) is 0 Å². The summed E-state index contributed by atoms with van der Waals surface area (Å²) in [5.41, 5.74) is 0. The maximum Gasteiger partial charge on any atom is 0.0701 e. The van der Waals surface area contributed by atoms with E-state index in [-0.39, 0.29) is 0 Å². The third-order valence-corrected chi connectivity index (χ3v) is 4.18. The van der Waals surface area contributed by atoms with Gasteiger partial charge in [0.2, 0.25) is 0 Å². The Morgan fingerprint density at radius 2 is 1.00 bits per heavy atom. The van der Waals surface area contributed by atoms with Gasteiger partial charge < -0.3 is 23.7 Å².